The van der Waals surface area contributed by atoms with Crippen molar-refractivity contribution in [3.8, 4) is 0 Å². The van der Waals surface area contributed by atoms with E-state index in [1.54, 1.807) is 7.11 Å². The van der Waals surface area contributed by atoms with Gasteiger partial charge in [-0.1, -0.05) is 26.0 Å². The van der Waals surface area contributed by atoms with Crippen molar-refractivity contribution in [1.29, 1.82) is 0 Å². The zero-order valence-corrected chi connectivity index (χ0v) is 12.5. The van der Waals surface area contributed by atoms with Crippen LogP contribution in [0.15, 0.2) is 23.8 Å². The average molecular weight is 280 g/mol. The molecule has 2 unspecified atom stereocenters. The Morgan fingerprint density at radius 3 is 2.90 bits per heavy atom. The van der Waals surface area contributed by atoms with Crippen molar-refractivity contribution in [1.82, 2.24) is 0 Å². The third-order valence-corrected chi connectivity index (χ3v) is 5.67. The summed E-state index contributed by atoms with van der Waals surface area (Å²) >= 11 is 0. The van der Waals surface area contributed by atoms with Crippen molar-refractivity contribution >= 4 is 0 Å². The molecule has 2 bridgehead atoms. The van der Waals surface area contributed by atoms with Gasteiger partial charge in [0.15, 0.2) is 5.79 Å². The summed E-state index contributed by atoms with van der Waals surface area (Å²) in [4.78, 5) is 4.39. The van der Waals surface area contributed by atoms with Crippen molar-refractivity contribution in [2.75, 3.05) is 7.11 Å². The number of ether oxygens (including phenoxy) is 2. The molecule has 0 aromatic carbocycles. The molecule has 3 aliphatic rings. The predicted molar refractivity (Wildman–Crippen MR) is 74.8 cm³/mol. The van der Waals surface area contributed by atoms with Gasteiger partial charge in [0.2, 0.25) is 6.29 Å². The maximum atomic E-state index is 8.92. The Morgan fingerprint density at radius 2 is 2.25 bits per heavy atom. The van der Waals surface area contributed by atoms with E-state index in [1.165, 1.54) is 5.57 Å². The zero-order valence-electron chi connectivity index (χ0n) is 12.5. The van der Waals surface area contributed by atoms with E-state index in [4.69, 9.17) is 14.7 Å². The lowest BCUT2D eigenvalue weighted by Crippen LogP contribution is -2.46. The monoisotopic (exact) mass is 280 g/mol. The summed E-state index contributed by atoms with van der Waals surface area (Å²) in [6, 6.07) is 0. The van der Waals surface area contributed by atoms with E-state index in [0.29, 0.717) is 5.92 Å². The van der Waals surface area contributed by atoms with Crippen LogP contribution >= 0.6 is 0 Å². The molecule has 4 heteroatoms. The molecule has 5 atom stereocenters. The SMILES string of the molecule is C=C1[C@@H](C)CC2CC1(C)CCC1=C[C@H](OO)O[C@]12OC. The van der Waals surface area contributed by atoms with Gasteiger partial charge >= 0.3 is 0 Å². The van der Waals surface area contributed by atoms with Gasteiger partial charge in [0.05, 0.1) is 0 Å². The smallest absolute Gasteiger partial charge is 0.213 e. The van der Waals surface area contributed by atoms with Crippen molar-refractivity contribution in [3.05, 3.63) is 23.8 Å². The predicted octanol–water partition coefficient (Wildman–Crippen LogP) is 3.50. The first-order valence-corrected chi connectivity index (χ1v) is 7.39. The molecule has 1 N–H and O–H groups in total. The molecule has 0 aromatic heterocycles. The number of hydrogen-bond donors (Lipinski definition) is 1. The summed E-state index contributed by atoms with van der Waals surface area (Å²) in [6.45, 7) is 8.88. The van der Waals surface area contributed by atoms with E-state index in [9.17, 15) is 0 Å². The molecule has 2 aliphatic carbocycles. The summed E-state index contributed by atoms with van der Waals surface area (Å²) in [5.74, 6) is -0.00477. The largest absolute Gasteiger partial charge is 0.349 e. The topological polar surface area (TPSA) is 47.9 Å². The van der Waals surface area contributed by atoms with Crippen LogP contribution in [0.5, 0.6) is 0 Å². The van der Waals surface area contributed by atoms with Crippen LogP contribution in [-0.2, 0) is 14.4 Å². The van der Waals surface area contributed by atoms with Gasteiger partial charge in [-0.05, 0) is 48.7 Å². The summed E-state index contributed by atoms with van der Waals surface area (Å²) in [5.41, 5.74) is 2.61. The maximum absolute atomic E-state index is 8.92. The Hall–Kier alpha value is -0.680. The molecular weight excluding hydrogens is 256 g/mol. The van der Waals surface area contributed by atoms with Gasteiger partial charge in [0, 0.05) is 13.0 Å². The van der Waals surface area contributed by atoms with Crippen LogP contribution in [0, 0.1) is 17.3 Å². The second kappa shape index (κ2) is 4.67. The van der Waals surface area contributed by atoms with E-state index >= 15 is 0 Å². The van der Waals surface area contributed by atoms with E-state index in [0.717, 1.165) is 31.3 Å². The van der Waals surface area contributed by atoms with E-state index < -0.39 is 12.1 Å². The molecule has 0 aromatic rings. The van der Waals surface area contributed by atoms with Crippen LogP contribution in [-0.4, -0.2) is 24.4 Å². The minimum Gasteiger partial charge on any atom is -0.349 e. The quantitative estimate of drug-likeness (QED) is 0.478. The zero-order chi connectivity index (χ0) is 14.5. The highest BCUT2D eigenvalue weighted by Gasteiger charge is 2.56. The fourth-order valence-electron chi connectivity index (χ4n) is 4.46. The maximum Gasteiger partial charge on any atom is 0.213 e. The summed E-state index contributed by atoms with van der Waals surface area (Å²) < 4.78 is 11.7. The van der Waals surface area contributed by atoms with Crippen LogP contribution in [0.1, 0.15) is 39.5 Å². The fraction of sp³-hybridized carbons (Fsp3) is 0.750. The lowest BCUT2D eigenvalue weighted by atomic mass is 9.62. The minimum atomic E-state index is -0.736. The number of methoxy groups -OCH3 is 1. The molecule has 20 heavy (non-hydrogen) atoms. The molecule has 3 rings (SSSR count). The standard InChI is InChI=1S/C16H24O4/c1-10-7-13-9-15(3,11(10)2)6-5-12-8-14(20-17)19-16(12,13)18-4/h8,10,13-14,17H,2,5-7,9H2,1,3-4H3/t10-,13?,14-,15?,16+/m0/s1. The van der Waals surface area contributed by atoms with Gasteiger partial charge < -0.3 is 9.47 Å². The van der Waals surface area contributed by atoms with Gasteiger partial charge in [0.25, 0.3) is 0 Å². The molecule has 0 amide bonds. The van der Waals surface area contributed by atoms with Crippen LogP contribution in [0.3, 0.4) is 0 Å². The molecule has 0 saturated heterocycles. The minimum absolute atomic E-state index is 0.151. The first-order chi connectivity index (χ1) is 9.45. The molecular formula is C16H24O4. The van der Waals surface area contributed by atoms with Gasteiger partial charge in [0.1, 0.15) is 0 Å². The molecule has 1 heterocycles. The third-order valence-electron chi connectivity index (χ3n) is 5.67. The number of hydrogen-bond acceptors (Lipinski definition) is 4. The van der Waals surface area contributed by atoms with Crippen molar-refractivity contribution < 1.29 is 19.6 Å². The van der Waals surface area contributed by atoms with Gasteiger partial charge in [-0.2, -0.15) is 0 Å². The Morgan fingerprint density at radius 1 is 1.50 bits per heavy atom. The van der Waals surface area contributed by atoms with Crippen LogP contribution < -0.4 is 0 Å². The Bertz CT molecular complexity index is 457. The summed E-state index contributed by atoms with van der Waals surface area (Å²) in [6.07, 6.45) is 5.10. The Balaban J connectivity index is 2.02. The van der Waals surface area contributed by atoms with E-state index in [2.05, 4.69) is 25.3 Å². The second-order valence-corrected chi connectivity index (χ2v) is 6.78. The molecule has 112 valence electrons. The second-order valence-electron chi connectivity index (χ2n) is 6.78. The summed E-state index contributed by atoms with van der Waals surface area (Å²) in [5, 5.41) is 8.92. The Labute approximate surface area is 120 Å². The molecule has 2 fully saturated rings. The van der Waals surface area contributed by atoms with Crippen molar-refractivity contribution in [3.63, 3.8) is 0 Å². The van der Waals surface area contributed by atoms with Gasteiger partial charge in [-0.25, -0.2) is 10.1 Å². The fourth-order valence-corrected chi connectivity index (χ4v) is 4.46. The van der Waals surface area contributed by atoms with Crippen LogP contribution in [0.4, 0.5) is 0 Å². The molecule has 2 saturated carbocycles. The van der Waals surface area contributed by atoms with Crippen LogP contribution in [0.2, 0.25) is 0 Å². The lowest BCUT2D eigenvalue weighted by molar-refractivity contribution is -0.372. The number of rotatable bonds is 2. The highest BCUT2D eigenvalue weighted by Crippen LogP contribution is 2.58. The molecule has 4 nitrogen and oxygen atoms in total. The van der Waals surface area contributed by atoms with Crippen LogP contribution in [0.25, 0.3) is 0 Å². The third kappa shape index (κ3) is 1.82. The van der Waals surface area contributed by atoms with E-state index in [-0.39, 0.29) is 11.3 Å². The van der Waals surface area contributed by atoms with Gasteiger partial charge in [-0.15, -0.1) is 0 Å². The number of fused-ring (bicyclic) bond motifs is 4. The summed E-state index contributed by atoms with van der Waals surface area (Å²) in [7, 11) is 1.68. The molecule has 0 spiro atoms. The van der Waals surface area contributed by atoms with Crippen molar-refractivity contribution in [2.45, 2.75) is 51.6 Å². The number of allylic oxidation sites excluding steroid dienone is 1. The highest BCUT2D eigenvalue weighted by atomic mass is 17.1. The first kappa shape index (κ1) is 14.3. The van der Waals surface area contributed by atoms with E-state index in [1.807, 2.05) is 6.08 Å². The first-order valence-electron chi connectivity index (χ1n) is 7.39. The normalized spacial score (nSPS) is 47.7. The average Bonchev–Trinajstić information content (AvgIpc) is 2.77. The Kier molecular flexibility index (Phi) is 3.33. The van der Waals surface area contributed by atoms with Gasteiger partial charge in [-0.3, -0.25) is 0 Å². The molecule has 0 radical (unpaired) electrons. The van der Waals surface area contributed by atoms with Crippen molar-refractivity contribution in [2.24, 2.45) is 17.3 Å². The molecule has 1 aliphatic heterocycles. The lowest BCUT2D eigenvalue weighted by Gasteiger charge is -2.46. The highest BCUT2D eigenvalue weighted by molar-refractivity contribution is 5.29.